The Morgan fingerprint density at radius 1 is 1.05 bits per heavy atom. The number of hydrogen-bond acceptors (Lipinski definition) is 3. The van der Waals surface area contributed by atoms with E-state index in [2.05, 4.69) is 9.97 Å². The molecule has 6 heteroatoms. The summed E-state index contributed by atoms with van der Waals surface area (Å²) >= 11 is 0. The summed E-state index contributed by atoms with van der Waals surface area (Å²) in [4.78, 5) is 7.08. The molecule has 1 N–H and O–H groups in total. The lowest BCUT2D eigenvalue weighted by Gasteiger charge is -2.09. The number of aromatic nitrogens is 2. The molecular formula is C13H7F3N2O. The highest BCUT2D eigenvalue weighted by Crippen LogP contribution is 2.29. The number of benzene rings is 2. The standard InChI is InChI=1S/C13H7F3N2O/c14-13(15,16)12-17-9-3-1-2-7-4-5-8(6-19)11(18-12)10(7)9/h1-6,19H. The average molecular weight is 264 g/mol. The highest BCUT2D eigenvalue weighted by Gasteiger charge is 2.35. The maximum absolute atomic E-state index is 12.8. The smallest absolute Gasteiger partial charge is 0.451 e. The first kappa shape index (κ1) is 11.7. The van der Waals surface area contributed by atoms with Crippen molar-refractivity contribution in [3.8, 4) is 0 Å². The van der Waals surface area contributed by atoms with Crippen LogP contribution in [0.5, 0.6) is 0 Å². The second-order valence-electron chi connectivity index (χ2n) is 4.05. The molecule has 0 aliphatic heterocycles. The molecular weight excluding hydrogens is 257 g/mol. The normalized spacial score (nSPS) is 13.5. The molecule has 1 aromatic heterocycles. The van der Waals surface area contributed by atoms with Crippen molar-refractivity contribution in [1.29, 1.82) is 0 Å². The lowest BCUT2D eigenvalue weighted by atomic mass is 10.1. The minimum Gasteiger partial charge on any atom is -0.515 e. The van der Waals surface area contributed by atoms with E-state index < -0.39 is 12.0 Å². The van der Waals surface area contributed by atoms with Gasteiger partial charge in [-0.05, 0) is 17.5 Å². The summed E-state index contributed by atoms with van der Waals surface area (Å²) in [6.07, 6.45) is -3.88. The highest BCUT2D eigenvalue weighted by atomic mass is 19.4. The molecule has 0 atom stereocenters. The van der Waals surface area contributed by atoms with Crippen LogP contribution in [0.4, 0.5) is 13.2 Å². The van der Waals surface area contributed by atoms with Gasteiger partial charge in [0.15, 0.2) is 0 Å². The Morgan fingerprint density at radius 3 is 2.53 bits per heavy atom. The minimum absolute atomic E-state index is 0.0953. The highest BCUT2D eigenvalue weighted by molar-refractivity contribution is 6.06. The van der Waals surface area contributed by atoms with Crippen molar-refractivity contribution in [2.45, 2.75) is 6.18 Å². The molecule has 3 rings (SSSR count). The summed E-state index contributed by atoms with van der Waals surface area (Å²) in [7, 11) is 0. The first-order valence-corrected chi connectivity index (χ1v) is 5.41. The van der Waals surface area contributed by atoms with E-state index in [-0.39, 0.29) is 16.3 Å². The number of rotatable bonds is 0. The van der Waals surface area contributed by atoms with E-state index in [9.17, 15) is 13.2 Å². The first-order chi connectivity index (χ1) is 9.00. The summed E-state index contributed by atoms with van der Waals surface area (Å²) < 4.78 is 38.3. The maximum Gasteiger partial charge on any atom is 0.451 e. The van der Waals surface area contributed by atoms with Crippen LogP contribution in [-0.4, -0.2) is 15.1 Å². The number of aliphatic hydroxyl groups is 1. The van der Waals surface area contributed by atoms with Crippen molar-refractivity contribution in [1.82, 2.24) is 9.97 Å². The topological polar surface area (TPSA) is 46.0 Å². The fourth-order valence-electron chi connectivity index (χ4n) is 2.05. The summed E-state index contributed by atoms with van der Waals surface area (Å²) in [6, 6.07) is 8.10. The molecule has 0 amide bonds. The van der Waals surface area contributed by atoms with Gasteiger partial charge in [-0.1, -0.05) is 18.2 Å². The van der Waals surface area contributed by atoms with Crippen LogP contribution < -0.4 is 5.22 Å². The van der Waals surface area contributed by atoms with Gasteiger partial charge in [-0.3, -0.25) is 0 Å². The van der Waals surface area contributed by atoms with Crippen molar-refractivity contribution < 1.29 is 18.3 Å². The molecule has 2 aromatic carbocycles. The Kier molecular flexibility index (Phi) is 2.35. The Bertz CT molecular complexity index is 827. The van der Waals surface area contributed by atoms with Crippen LogP contribution in [0.15, 0.2) is 30.3 Å². The number of alkyl halides is 3. The second-order valence-corrected chi connectivity index (χ2v) is 4.05. The fraction of sp³-hybridized carbons (Fsp3) is 0.0769. The maximum atomic E-state index is 12.8. The van der Waals surface area contributed by atoms with Gasteiger partial charge in [0.1, 0.15) is 0 Å². The summed E-state index contributed by atoms with van der Waals surface area (Å²) in [5.74, 6) is -1.21. The molecule has 0 saturated heterocycles. The summed E-state index contributed by atoms with van der Waals surface area (Å²) in [5, 5.41) is 10.6. The zero-order valence-corrected chi connectivity index (χ0v) is 9.44. The van der Waals surface area contributed by atoms with Gasteiger partial charge in [0.2, 0.25) is 5.82 Å². The Labute approximate surface area is 105 Å². The van der Waals surface area contributed by atoms with Gasteiger partial charge < -0.3 is 5.11 Å². The molecule has 0 bridgehead atoms. The van der Waals surface area contributed by atoms with Gasteiger partial charge in [-0.15, -0.1) is 0 Å². The van der Waals surface area contributed by atoms with Gasteiger partial charge in [0.25, 0.3) is 0 Å². The van der Waals surface area contributed by atoms with Gasteiger partial charge >= 0.3 is 6.18 Å². The number of hydrogen-bond donors (Lipinski definition) is 1. The zero-order valence-electron chi connectivity index (χ0n) is 9.44. The summed E-state index contributed by atoms with van der Waals surface area (Å²) in [5.41, 5.74) is 0.302. The Hall–Kier alpha value is -2.37. The lowest BCUT2D eigenvalue weighted by Crippen LogP contribution is -2.14. The number of aliphatic hydroxyl groups excluding tert-OH is 1. The predicted molar refractivity (Wildman–Crippen MR) is 64.4 cm³/mol. The van der Waals surface area contributed by atoms with Gasteiger partial charge in [0, 0.05) is 10.6 Å². The van der Waals surface area contributed by atoms with E-state index in [0.29, 0.717) is 5.39 Å². The van der Waals surface area contributed by atoms with Crippen LogP contribution >= 0.6 is 0 Å². The summed E-state index contributed by atoms with van der Waals surface area (Å²) in [6.45, 7) is 0. The van der Waals surface area contributed by atoms with Crippen LogP contribution in [0.1, 0.15) is 5.82 Å². The van der Waals surface area contributed by atoms with Gasteiger partial charge in [-0.25, -0.2) is 9.97 Å². The number of halogens is 3. The third-order valence-electron chi connectivity index (χ3n) is 2.86. The van der Waals surface area contributed by atoms with Crippen LogP contribution in [0.3, 0.4) is 0 Å². The first-order valence-electron chi connectivity index (χ1n) is 5.41. The fourth-order valence-corrected chi connectivity index (χ4v) is 2.05. The molecule has 0 unspecified atom stereocenters. The van der Waals surface area contributed by atoms with Crippen molar-refractivity contribution in [2.24, 2.45) is 0 Å². The monoisotopic (exact) mass is 264 g/mol. The van der Waals surface area contributed by atoms with Crippen LogP contribution in [-0.2, 0) is 6.18 Å². The molecule has 3 aromatic rings. The molecule has 3 nitrogen and oxygen atoms in total. The van der Waals surface area contributed by atoms with Gasteiger partial charge in [-0.2, -0.15) is 13.2 Å². The van der Waals surface area contributed by atoms with Crippen molar-refractivity contribution in [2.75, 3.05) is 0 Å². The number of nitrogens with zero attached hydrogens (tertiary/aromatic N) is 2. The average Bonchev–Trinajstić information content (AvgIpc) is 2.38. The zero-order chi connectivity index (χ0) is 13.6. The molecule has 1 heterocycles. The molecule has 0 saturated carbocycles. The molecule has 0 aliphatic rings. The van der Waals surface area contributed by atoms with Crippen LogP contribution in [0.25, 0.3) is 28.1 Å². The lowest BCUT2D eigenvalue weighted by molar-refractivity contribution is -0.144. The third kappa shape index (κ3) is 1.76. The van der Waals surface area contributed by atoms with Crippen molar-refractivity contribution >= 4 is 28.1 Å². The molecule has 0 fully saturated rings. The molecule has 0 spiro atoms. The molecule has 0 radical (unpaired) electrons. The second kappa shape index (κ2) is 3.81. The molecule has 0 aliphatic carbocycles. The molecule has 19 heavy (non-hydrogen) atoms. The van der Waals surface area contributed by atoms with Crippen LogP contribution in [0.2, 0.25) is 0 Å². The van der Waals surface area contributed by atoms with Gasteiger partial charge in [0.05, 0.1) is 17.3 Å². The SMILES string of the molecule is OC=c1ccc2cccc3nc(C(F)(F)F)nc1c23. The van der Waals surface area contributed by atoms with Crippen molar-refractivity contribution in [3.63, 3.8) is 0 Å². The van der Waals surface area contributed by atoms with E-state index >= 15 is 0 Å². The van der Waals surface area contributed by atoms with E-state index in [0.717, 1.165) is 11.6 Å². The van der Waals surface area contributed by atoms with Crippen molar-refractivity contribution in [3.05, 3.63) is 41.4 Å². The molecule has 96 valence electrons. The minimum atomic E-state index is -4.62. The predicted octanol–water partition coefficient (Wildman–Crippen LogP) is 2.82. The third-order valence-corrected chi connectivity index (χ3v) is 2.86. The Morgan fingerprint density at radius 2 is 1.84 bits per heavy atom. The largest absolute Gasteiger partial charge is 0.515 e. The Balaban J connectivity index is 2.57. The van der Waals surface area contributed by atoms with E-state index in [1.807, 2.05) is 0 Å². The quantitative estimate of drug-likeness (QED) is 0.679. The van der Waals surface area contributed by atoms with E-state index in [4.69, 9.17) is 5.11 Å². The van der Waals surface area contributed by atoms with E-state index in [1.165, 1.54) is 12.1 Å². The van der Waals surface area contributed by atoms with Crippen LogP contribution in [0, 0.1) is 0 Å². The van der Waals surface area contributed by atoms with E-state index in [1.54, 1.807) is 18.2 Å².